The van der Waals surface area contributed by atoms with Crippen LogP contribution in [0.3, 0.4) is 0 Å². The lowest BCUT2D eigenvalue weighted by Gasteiger charge is -2.19. The number of rotatable bonds is 6. The van der Waals surface area contributed by atoms with Crippen molar-refractivity contribution in [1.82, 2.24) is 5.32 Å². The molecule has 0 saturated heterocycles. The minimum absolute atomic E-state index is 0.261. The molecule has 1 unspecified atom stereocenters. The highest BCUT2D eigenvalue weighted by Crippen LogP contribution is 2.22. The predicted molar refractivity (Wildman–Crippen MR) is 81.2 cm³/mol. The van der Waals surface area contributed by atoms with Gasteiger partial charge in [-0.3, -0.25) is 0 Å². The van der Waals surface area contributed by atoms with Gasteiger partial charge in [-0.25, -0.2) is 0 Å². The largest absolute Gasteiger partial charge is 0.317 e. The molecule has 0 amide bonds. The lowest BCUT2D eigenvalue weighted by atomic mass is 9.86. The van der Waals surface area contributed by atoms with E-state index in [-0.39, 0.29) is 5.41 Å². The van der Waals surface area contributed by atoms with Crippen molar-refractivity contribution in [3.05, 3.63) is 35.4 Å². The molecule has 1 aromatic carbocycles. The first kappa shape index (κ1) is 15.2. The van der Waals surface area contributed by atoms with E-state index in [2.05, 4.69) is 64.2 Å². The van der Waals surface area contributed by atoms with Crippen LogP contribution < -0.4 is 5.32 Å². The minimum Gasteiger partial charge on any atom is -0.317 e. The summed E-state index contributed by atoms with van der Waals surface area (Å²) in [5.74, 6) is 0.757. The number of benzene rings is 1. The minimum atomic E-state index is 0.261. The predicted octanol–water partition coefficient (Wildman–Crippen LogP) is 4.16. The monoisotopic (exact) mass is 247 g/mol. The van der Waals surface area contributed by atoms with E-state index in [4.69, 9.17) is 0 Å². The lowest BCUT2D eigenvalue weighted by Crippen LogP contribution is -2.20. The van der Waals surface area contributed by atoms with Gasteiger partial charge >= 0.3 is 0 Å². The molecule has 1 nitrogen and oxygen atoms in total. The average Bonchev–Trinajstić information content (AvgIpc) is 2.33. The fraction of sp³-hybridized carbons (Fsp3) is 0.647. The van der Waals surface area contributed by atoms with Gasteiger partial charge in [0, 0.05) is 0 Å². The molecule has 0 aliphatic carbocycles. The van der Waals surface area contributed by atoms with Crippen molar-refractivity contribution in [2.24, 2.45) is 5.92 Å². The summed E-state index contributed by atoms with van der Waals surface area (Å²) in [4.78, 5) is 0. The number of aryl methyl sites for hydroxylation is 1. The molecule has 0 aliphatic rings. The van der Waals surface area contributed by atoms with Gasteiger partial charge in [-0.05, 0) is 48.4 Å². The maximum absolute atomic E-state index is 3.41. The third-order valence-corrected chi connectivity index (χ3v) is 3.49. The second kappa shape index (κ2) is 6.94. The summed E-state index contributed by atoms with van der Waals surface area (Å²) in [7, 11) is 0. The third-order valence-electron chi connectivity index (χ3n) is 3.49. The molecule has 0 spiro atoms. The van der Waals surface area contributed by atoms with Crippen molar-refractivity contribution >= 4 is 0 Å². The number of hydrogen-bond acceptors (Lipinski definition) is 1. The van der Waals surface area contributed by atoms with E-state index in [1.54, 1.807) is 0 Å². The molecule has 0 aliphatic heterocycles. The second-order valence-electron chi connectivity index (χ2n) is 6.40. The van der Waals surface area contributed by atoms with Gasteiger partial charge in [0.2, 0.25) is 0 Å². The van der Waals surface area contributed by atoms with Crippen molar-refractivity contribution in [2.45, 2.75) is 52.9 Å². The normalized spacial score (nSPS) is 13.6. The molecule has 1 rings (SSSR count). The molecule has 0 bridgehead atoms. The van der Waals surface area contributed by atoms with E-state index < -0.39 is 0 Å². The Balaban J connectivity index is 2.44. The van der Waals surface area contributed by atoms with Gasteiger partial charge in [0.15, 0.2) is 0 Å². The van der Waals surface area contributed by atoms with Gasteiger partial charge < -0.3 is 5.32 Å². The molecule has 18 heavy (non-hydrogen) atoms. The average molecular weight is 247 g/mol. The summed E-state index contributed by atoms with van der Waals surface area (Å²) in [6.07, 6.45) is 2.46. The Morgan fingerprint density at radius 1 is 1.11 bits per heavy atom. The zero-order valence-electron chi connectivity index (χ0n) is 12.7. The Morgan fingerprint density at radius 2 is 1.72 bits per heavy atom. The van der Waals surface area contributed by atoms with E-state index in [1.807, 2.05) is 0 Å². The molecule has 0 fully saturated rings. The first-order valence-corrected chi connectivity index (χ1v) is 7.23. The first-order valence-electron chi connectivity index (χ1n) is 7.23. The Bertz CT molecular complexity index is 332. The summed E-state index contributed by atoms with van der Waals surface area (Å²) >= 11 is 0. The Labute approximate surface area is 113 Å². The summed E-state index contributed by atoms with van der Waals surface area (Å²) < 4.78 is 0. The second-order valence-corrected chi connectivity index (χ2v) is 6.40. The van der Waals surface area contributed by atoms with E-state index >= 15 is 0 Å². The smallest absolute Gasteiger partial charge is 0.00232 e. The van der Waals surface area contributed by atoms with Crippen LogP contribution in [0.15, 0.2) is 24.3 Å². The number of hydrogen-bond donors (Lipinski definition) is 1. The van der Waals surface area contributed by atoms with Crippen molar-refractivity contribution in [2.75, 3.05) is 13.1 Å². The molecule has 0 aromatic heterocycles. The highest BCUT2D eigenvalue weighted by Gasteiger charge is 2.12. The third kappa shape index (κ3) is 5.22. The standard InChI is InChI=1S/C17H29N/c1-6-18-13-14(2)7-8-15-9-11-16(12-10-15)17(3,4)5/h9-12,14,18H,6-8,13H2,1-5H3. The highest BCUT2D eigenvalue weighted by atomic mass is 14.8. The Morgan fingerprint density at radius 3 is 2.22 bits per heavy atom. The molecular formula is C17H29N. The molecule has 1 aromatic rings. The Hall–Kier alpha value is -0.820. The highest BCUT2D eigenvalue weighted by molar-refractivity contribution is 5.27. The van der Waals surface area contributed by atoms with Gasteiger partial charge in [-0.2, -0.15) is 0 Å². The van der Waals surface area contributed by atoms with E-state index in [9.17, 15) is 0 Å². The topological polar surface area (TPSA) is 12.0 Å². The summed E-state index contributed by atoms with van der Waals surface area (Å²) in [6, 6.07) is 9.15. The molecule has 1 N–H and O–H groups in total. The van der Waals surface area contributed by atoms with Crippen LogP contribution in [0.5, 0.6) is 0 Å². The van der Waals surface area contributed by atoms with Crippen molar-refractivity contribution in [1.29, 1.82) is 0 Å². The number of nitrogens with one attached hydrogen (secondary N) is 1. The van der Waals surface area contributed by atoms with E-state index in [0.29, 0.717) is 0 Å². The van der Waals surface area contributed by atoms with E-state index in [0.717, 1.165) is 19.0 Å². The van der Waals surface area contributed by atoms with Crippen LogP contribution in [0.25, 0.3) is 0 Å². The van der Waals surface area contributed by atoms with Crippen LogP contribution >= 0.6 is 0 Å². The van der Waals surface area contributed by atoms with Gasteiger partial charge in [-0.1, -0.05) is 58.9 Å². The fourth-order valence-electron chi connectivity index (χ4n) is 2.08. The van der Waals surface area contributed by atoms with Crippen LogP contribution in [-0.2, 0) is 11.8 Å². The summed E-state index contributed by atoms with van der Waals surface area (Å²) in [5.41, 5.74) is 3.15. The van der Waals surface area contributed by atoms with Crippen molar-refractivity contribution in [3.8, 4) is 0 Å². The molecule has 102 valence electrons. The molecular weight excluding hydrogens is 218 g/mol. The first-order chi connectivity index (χ1) is 8.43. The SMILES string of the molecule is CCNCC(C)CCc1ccc(C(C)(C)C)cc1. The molecule has 1 heteroatoms. The fourth-order valence-corrected chi connectivity index (χ4v) is 2.08. The van der Waals surface area contributed by atoms with Gasteiger partial charge in [-0.15, -0.1) is 0 Å². The quantitative estimate of drug-likeness (QED) is 0.796. The van der Waals surface area contributed by atoms with Gasteiger partial charge in [0.1, 0.15) is 0 Å². The van der Waals surface area contributed by atoms with Gasteiger partial charge in [0.05, 0.1) is 0 Å². The van der Waals surface area contributed by atoms with Crippen LogP contribution in [0, 0.1) is 5.92 Å². The molecule has 1 atom stereocenters. The lowest BCUT2D eigenvalue weighted by molar-refractivity contribution is 0.489. The molecule has 0 saturated carbocycles. The van der Waals surface area contributed by atoms with Crippen molar-refractivity contribution in [3.63, 3.8) is 0 Å². The zero-order chi connectivity index (χ0) is 13.6. The van der Waals surface area contributed by atoms with Crippen LogP contribution in [0.2, 0.25) is 0 Å². The maximum atomic E-state index is 3.41. The maximum Gasteiger partial charge on any atom is -0.00232 e. The van der Waals surface area contributed by atoms with Crippen LogP contribution in [0.1, 0.15) is 52.2 Å². The Kier molecular flexibility index (Phi) is 5.87. The summed E-state index contributed by atoms with van der Waals surface area (Å²) in [6.45, 7) is 13.5. The van der Waals surface area contributed by atoms with Crippen LogP contribution in [-0.4, -0.2) is 13.1 Å². The van der Waals surface area contributed by atoms with E-state index in [1.165, 1.54) is 24.0 Å². The van der Waals surface area contributed by atoms with Crippen molar-refractivity contribution < 1.29 is 0 Å². The zero-order valence-corrected chi connectivity index (χ0v) is 12.7. The molecule has 0 heterocycles. The van der Waals surface area contributed by atoms with Crippen LogP contribution in [0.4, 0.5) is 0 Å². The summed E-state index contributed by atoms with van der Waals surface area (Å²) in [5, 5.41) is 3.41. The molecule has 0 radical (unpaired) electrons. The van der Waals surface area contributed by atoms with Gasteiger partial charge in [0.25, 0.3) is 0 Å².